The number of methoxy groups -OCH3 is 1. The lowest BCUT2D eigenvalue weighted by atomic mass is 10.0. The molecule has 0 fully saturated rings. The maximum absolute atomic E-state index is 12.8. The molecule has 10 heteroatoms. The van der Waals surface area contributed by atoms with Gasteiger partial charge in [-0.05, 0) is 31.0 Å². The molecule has 5 N–H and O–H groups in total. The van der Waals surface area contributed by atoms with Crippen molar-refractivity contribution >= 4 is 23.4 Å². The van der Waals surface area contributed by atoms with E-state index in [2.05, 4.69) is 31.4 Å². The van der Waals surface area contributed by atoms with Crippen molar-refractivity contribution in [1.82, 2.24) is 14.9 Å². The summed E-state index contributed by atoms with van der Waals surface area (Å²) < 4.78 is 4.67. The Hall–Kier alpha value is -3.58. The summed E-state index contributed by atoms with van der Waals surface area (Å²) in [6.45, 7) is 0. The normalized spacial score (nSPS) is 18.3. The zero-order valence-electron chi connectivity index (χ0n) is 17.9. The Morgan fingerprint density at radius 2 is 2.06 bits per heavy atom. The number of nitrogens with zero attached hydrogens (tertiary/aromatic N) is 3. The third-order valence-electron chi connectivity index (χ3n) is 5.23. The quantitative estimate of drug-likeness (QED) is 0.577. The number of amides is 2. The standard InChI is InChI=1S/C21H27N7O3/c1-28(2)20(29)15-7-5-4-6-14(23)19-26-17(11-22)18(27-19)13-9-8-12(10-16(13)25-15)24-21(30)31-3/h8-10,14-15,25H,4-7,23H2,1-3H3,(H,24,30)(H,26,27)/t14-,15+/m0/s1. The number of anilines is 2. The number of fused-ring (bicyclic) bond motifs is 4. The van der Waals surface area contributed by atoms with Crippen LogP contribution in [0.5, 0.6) is 0 Å². The molecule has 0 unspecified atom stereocenters. The van der Waals surface area contributed by atoms with Gasteiger partial charge in [-0.1, -0.05) is 12.8 Å². The minimum atomic E-state index is -0.610. The van der Waals surface area contributed by atoms with Crippen molar-refractivity contribution in [2.75, 3.05) is 31.8 Å². The first-order valence-corrected chi connectivity index (χ1v) is 10.1. The zero-order chi connectivity index (χ0) is 22.5. The fourth-order valence-electron chi connectivity index (χ4n) is 3.58. The summed E-state index contributed by atoms with van der Waals surface area (Å²) in [5.74, 6) is 0.486. The first-order valence-electron chi connectivity index (χ1n) is 10.1. The Balaban J connectivity index is 2.14. The second-order valence-corrected chi connectivity index (χ2v) is 7.65. The lowest BCUT2D eigenvalue weighted by Crippen LogP contribution is -2.39. The number of nitrogens with two attached hydrogens (primary N) is 1. The van der Waals surface area contributed by atoms with E-state index < -0.39 is 12.1 Å². The number of rotatable bonds is 2. The van der Waals surface area contributed by atoms with E-state index in [9.17, 15) is 14.9 Å². The number of aromatic amines is 1. The lowest BCUT2D eigenvalue weighted by Gasteiger charge is -2.25. The number of nitriles is 1. The molecule has 2 atom stereocenters. The second kappa shape index (κ2) is 9.49. The fraction of sp³-hybridized carbons (Fsp3) is 0.429. The number of nitrogens with one attached hydrogen (secondary N) is 3. The molecule has 0 radical (unpaired) electrons. The van der Waals surface area contributed by atoms with Crippen LogP contribution in [0.4, 0.5) is 16.2 Å². The third-order valence-corrected chi connectivity index (χ3v) is 5.23. The van der Waals surface area contributed by atoms with Gasteiger partial charge in [-0.3, -0.25) is 10.1 Å². The summed E-state index contributed by atoms with van der Waals surface area (Å²) in [6.07, 6.45) is 2.30. The average Bonchev–Trinajstić information content (AvgIpc) is 3.19. The number of hydrogen-bond acceptors (Lipinski definition) is 7. The predicted molar refractivity (Wildman–Crippen MR) is 116 cm³/mol. The van der Waals surface area contributed by atoms with Crippen LogP contribution in [0.2, 0.25) is 0 Å². The van der Waals surface area contributed by atoms with Crippen LogP contribution >= 0.6 is 0 Å². The molecule has 164 valence electrons. The van der Waals surface area contributed by atoms with Gasteiger partial charge < -0.3 is 25.7 Å². The van der Waals surface area contributed by atoms with E-state index in [-0.39, 0.29) is 17.6 Å². The maximum atomic E-state index is 12.8. The van der Waals surface area contributed by atoms with Crippen molar-refractivity contribution in [3.63, 3.8) is 0 Å². The second-order valence-electron chi connectivity index (χ2n) is 7.65. The minimum Gasteiger partial charge on any atom is -0.453 e. The van der Waals surface area contributed by atoms with Gasteiger partial charge in [-0.15, -0.1) is 0 Å². The van der Waals surface area contributed by atoms with Crippen molar-refractivity contribution in [2.24, 2.45) is 5.73 Å². The van der Waals surface area contributed by atoms with E-state index >= 15 is 0 Å². The van der Waals surface area contributed by atoms with Crippen LogP contribution < -0.4 is 16.4 Å². The number of H-pyrrole nitrogens is 1. The predicted octanol–water partition coefficient (Wildman–Crippen LogP) is 2.57. The van der Waals surface area contributed by atoms with E-state index in [0.717, 1.165) is 12.8 Å². The Bertz CT molecular complexity index is 1010. The smallest absolute Gasteiger partial charge is 0.411 e. The molecule has 2 bridgehead atoms. The van der Waals surface area contributed by atoms with Crippen molar-refractivity contribution in [2.45, 2.75) is 37.8 Å². The summed E-state index contributed by atoms with van der Waals surface area (Å²) in [4.78, 5) is 33.6. The van der Waals surface area contributed by atoms with Gasteiger partial charge >= 0.3 is 6.09 Å². The molecule has 0 aliphatic carbocycles. The summed E-state index contributed by atoms with van der Waals surface area (Å²) >= 11 is 0. The molecule has 1 aliphatic rings. The summed E-state index contributed by atoms with van der Waals surface area (Å²) in [5, 5.41) is 15.6. The molecule has 10 nitrogen and oxygen atoms in total. The highest BCUT2D eigenvalue weighted by Crippen LogP contribution is 2.34. The van der Waals surface area contributed by atoms with Gasteiger partial charge in [0.15, 0.2) is 5.69 Å². The Morgan fingerprint density at radius 1 is 1.32 bits per heavy atom. The molecule has 2 amide bonds. The van der Waals surface area contributed by atoms with E-state index in [0.29, 0.717) is 41.3 Å². The van der Waals surface area contributed by atoms with Crippen LogP contribution in [-0.2, 0) is 9.53 Å². The van der Waals surface area contributed by atoms with E-state index in [1.54, 1.807) is 37.2 Å². The highest BCUT2D eigenvalue weighted by Gasteiger charge is 2.25. The molecular weight excluding hydrogens is 398 g/mol. The molecule has 0 spiro atoms. The molecular formula is C21H27N7O3. The molecule has 0 saturated heterocycles. The molecule has 2 aromatic rings. The number of benzene rings is 1. The first-order chi connectivity index (χ1) is 14.8. The number of imidazole rings is 1. The molecule has 31 heavy (non-hydrogen) atoms. The van der Waals surface area contributed by atoms with Crippen molar-refractivity contribution in [3.05, 3.63) is 29.7 Å². The summed E-state index contributed by atoms with van der Waals surface area (Å²) in [7, 11) is 4.70. The van der Waals surface area contributed by atoms with Crippen molar-refractivity contribution < 1.29 is 14.3 Å². The number of ether oxygens (including phenoxy) is 1. The number of carbonyl (C=O) groups is 2. The van der Waals surface area contributed by atoms with E-state index in [1.165, 1.54) is 7.11 Å². The molecule has 1 aromatic carbocycles. The lowest BCUT2D eigenvalue weighted by molar-refractivity contribution is -0.129. The van der Waals surface area contributed by atoms with Crippen molar-refractivity contribution in [1.29, 1.82) is 5.26 Å². The van der Waals surface area contributed by atoms with Crippen LogP contribution in [0.3, 0.4) is 0 Å². The molecule has 1 aromatic heterocycles. The van der Waals surface area contributed by atoms with E-state index in [1.807, 2.05) is 0 Å². The van der Waals surface area contributed by atoms with Crippen LogP contribution in [0.25, 0.3) is 11.3 Å². The number of likely N-dealkylation sites (N-methyl/N-ethyl adjacent to an activating group) is 1. The Kier molecular flexibility index (Phi) is 6.77. The van der Waals surface area contributed by atoms with Gasteiger partial charge in [0.25, 0.3) is 0 Å². The highest BCUT2D eigenvalue weighted by molar-refractivity contribution is 5.91. The van der Waals surface area contributed by atoms with Crippen LogP contribution in [0.15, 0.2) is 18.2 Å². The SMILES string of the molecule is COC(=O)Nc1ccc2c(c1)N[C@@H](C(=O)N(C)C)CCCC[C@H](N)c1nc(C#N)c-2[nH]1. The van der Waals surface area contributed by atoms with Crippen LogP contribution in [0, 0.1) is 11.3 Å². The highest BCUT2D eigenvalue weighted by atomic mass is 16.5. The number of aromatic nitrogens is 2. The number of carbonyl (C=O) groups excluding carboxylic acids is 2. The maximum Gasteiger partial charge on any atom is 0.411 e. The summed E-state index contributed by atoms with van der Waals surface area (Å²) in [6, 6.07) is 6.44. The van der Waals surface area contributed by atoms with Crippen molar-refractivity contribution in [3.8, 4) is 17.3 Å². The van der Waals surface area contributed by atoms with Gasteiger partial charge in [0, 0.05) is 31.0 Å². The van der Waals surface area contributed by atoms with Crippen LogP contribution in [-0.4, -0.2) is 54.1 Å². The van der Waals surface area contributed by atoms with Gasteiger partial charge in [-0.25, -0.2) is 9.78 Å². The molecule has 3 rings (SSSR count). The topological polar surface area (TPSA) is 149 Å². The average molecular weight is 425 g/mol. The summed E-state index contributed by atoms with van der Waals surface area (Å²) in [5.41, 5.74) is 8.73. The number of hydrogen-bond donors (Lipinski definition) is 4. The zero-order valence-corrected chi connectivity index (χ0v) is 17.9. The molecule has 0 saturated carbocycles. The van der Waals surface area contributed by atoms with Crippen LogP contribution in [0.1, 0.15) is 43.2 Å². The molecule has 2 heterocycles. The first kappa shape index (κ1) is 22.1. The molecule has 1 aliphatic heterocycles. The minimum absolute atomic E-state index is 0.0653. The van der Waals surface area contributed by atoms with Gasteiger partial charge in [0.1, 0.15) is 17.9 Å². The third kappa shape index (κ3) is 4.95. The fourth-order valence-corrected chi connectivity index (χ4v) is 3.58. The largest absolute Gasteiger partial charge is 0.453 e. The van der Waals surface area contributed by atoms with Gasteiger partial charge in [0.05, 0.1) is 18.8 Å². The monoisotopic (exact) mass is 425 g/mol. The van der Waals surface area contributed by atoms with Gasteiger partial charge in [-0.2, -0.15) is 5.26 Å². The Morgan fingerprint density at radius 3 is 2.74 bits per heavy atom. The Labute approximate surface area is 180 Å². The van der Waals surface area contributed by atoms with E-state index in [4.69, 9.17) is 5.73 Å². The van der Waals surface area contributed by atoms with Gasteiger partial charge in [0.2, 0.25) is 5.91 Å².